The maximum atomic E-state index is 12.9. The third kappa shape index (κ3) is 4.62. The highest BCUT2D eigenvalue weighted by molar-refractivity contribution is 7.92. The molecule has 0 aromatic heterocycles. The van der Waals surface area contributed by atoms with Crippen LogP contribution in [0.15, 0.2) is 41.3 Å². The molecule has 1 aliphatic carbocycles. The van der Waals surface area contributed by atoms with Crippen LogP contribution in [0.5, 0.6) is 0 Å². The standard InChI is InChI=1S/C20H23ClN2O3S/c1-13-7-8-14(2)18(11-13)23-27(25,26)19-12-15(9-10-17(19)21)20(24)22-16-5-3-4-6-16/h7-12,16,23H,3-6H2,1-2H3,(H,22,24). The SMILES string of the molecule is Cc1ccc(C)c(NS(=O)(=O)c2cc(C(=O)NC3CCCC3)ccc2Cl)c1. The summed E-state index contributed by atoms with van der Waals surface area (Å²) in [7, 11) is -3.93. The van der Waals surface area contributed by atoms with E-state index in [1.807, 2.05) is 26.0 Å². The predicted molar refractivity (Wildman–Crippen MR) is 108 cm³/mol. The maximum Gasteiger partial charge on any atom is 0.263 e. The summed E-state index contributed by atoms with van der Waals surface area (Å²) in [5.74, 6) is -0.276. The maximum absolute atomic E-state index is 12.9. The minimum absolute atomic E-state index is 0.0743. The Morgan fingerprint density at radius 2 is 1.78 bits per heavy atom. The third-order valence-corrected chi connectivity index (χ3v) is 6.66. The zero-order valence-electron chi connectivity index (χ0n) is 15.4. The normalized spacial score (nSPS) is 14.9. The first-order valence-electron chi connectivity index (χ1n) is 8.97. The fraction of sp³-hybridized carbons (Fsp3) is 0.350. The van der Waals surface area contributed by atoms with Crippen LogP contribution in [0.1, 0.15) is 47.2 Å². The zero-order chi connectivity index (χ0) is 19.6. The van der Waals surface area contributed by atoms with Crippen LogP contribution in [-0.2, 0) is 10.0 Å². The van der Waals surface area contributed by atoms with Crippen molar-refractivity contribution in [1.82, 2.24) is 5.32 Å². The number of nitrogens with one attached hydrogen (secondary N) is 2. The van der Waals surface area contributed by atoms with Gasteiger partial charge in [-0.3, -0.25) is 9.52 Å². The van der Waals surface area contributed by atoms with Crippen molar-refractivity contribution in [3.05, 3.63) is 58.1 Å². The van der Waals surface area contributed by atoms with Crippen LogP contribution in [0, 0.1) is 13.8 Å². The lowest BCUT2D eigenvalue weighted by Gasteiger charge is -2.15. The Labute approximate surface area is 165 Å². The predicted octanol–water partition coefficient (Wildman–Crippen LogP) is 4.43. The van der Waals surface area contributed by atoms with Crippen LogP contribution >= 0.6 is 11.6 Å². The third-order valence-electron chi connectivity index (χ3n) is 4.81. The van der Waals surface area contributed by atoms with Gasteiger partial charge in [0, 0.05) is 11.6 Å². The number of halogens is 1. The molecule has 0 spiro atoms. The average Bonchev–Trinajstić information content (AvgIpc) is 3.11. The highest BCUT2D eigenvalue weighted by atomic mass is 35.5. The van der Waals surface area contributed by atoms with Gasteiger partial charge in [0.05, 0.1) is 10.7 Å². The molecule has 1 amide bonds. The van der Waals surface area contributed by atoms with Crippen molar-refractivity contribution in [2.24, 2.45) is 0 Å². The molecular weight excluding hydrogens is 384 g/mol. The summed E-state index contributed by atoms with van der Waals surface area (Å²) in [5.41, 5.74) is 2.52. The van der Waals surface area contributed by atoms with E-state index in [2.05, 4.69) is 10.0 Å². The Morgan fingerprint density at radius 3 is 2.48 bits per heavy atom. The first-order valence-corrected chi connectivity index (χ1v) is 10.8. The van der Waals surface area contributed by atoms with Crippen LogP contribution in [0.2, 0.25) is 5.02 Å². The van der Waals surface area contributed by atoms with E-state index in [0.717, 1.165) is 36.8 Å². The van der Waals surface area contributed by atoms with Crippen molar-refractivity contribution >= 4 is 33.2 Å². The molecule has 5 nitrogen and oxygen atoms in total. The summed E-state index contributed by atoms with van der Waals surface area (Å²) in [6, 6.07) is 10.00. The lowest BCUT2D eigenvalue weighted by Crippen LogP contribution is -2.32. The Bertz CT molecular complexity index is 967. The van der Waals surface area contributed by atoms with E-state index in [0.29, 0.717) is 5.69 Å². The fourth-order valence-corrected chi connectivity index (χ4v) is 4.88. The number of amides is 1. The van der Waals surface area contributed by atoms with Gasteiger partial charge in [-0.15, -0.1) is 0 Å². The summed E-state index contributed by atoms with van der Waals surface area (Å²) < 4.78 is 28.3. The Kier molecular flexibility index (Phi) is 5.77. The molecule has 7 heteroatoms. The van der Waals surface area contributed by atoms with Crippen molar-refractivity contribution < 1.29 is 13.2 Å². The van der Waals surface area contributed by atoms with Gasteiger partial charge in [0.1, 0.15) is 4.90 Å². The molecule has 2 N–H and O–H groups in total. The van der Waals surface area contributed by atoms with Gasteiger partial charge in [0.15, 0.2) is 0 Å². The molecule has 2 aromatic rings. The van der Waals surface area contributed by atoms with Gasteiger partial charge < -0.3 is 5.32 Å². The topological polar surface area (TPSA) is 75.3 Å². The Balaban J connectivity index is 1.88. The van der Waals surface area contributed by atoms with Crippen LogP contribution in [-0.4, -0.2) is 20.4 Å². The first kappa shape index (κ1) is 19.7. The monoisotopic (exact) mass is 406 g/mol. The zero-order valence-corrected chi connectivity index (χ0v) is 17.0. The van der Waals surface area contributed by atoms with E-state index in [1.54, 1.807) is 12.1 Å². The first-order chi connectivity index (χ1) is 12.8. The van der Waals surface area contributed by atoms with Crippen LogP contribution < -0.4 is 10.0 Å². The van der Waals surface area contributed by atoms with E-state index in [4.69, 9.17) is 11.6 Å². The number of hydrogen-bond donors (Lipinski definition) is 2. The number of benzene rings is 2. The molecule has 1 aliphatic rings. The van der Waals surface area contributed by atoms with Crippen molar-refractivity contribution in [1.29, 1.82) is 0 Å². The number of anilines is 1. The van der Waals surface area contributed by atoms with Gasteiger partial charge >= 0.3 is 0 Å². The van der Waals surface area contributed by atoms with Gasteiger partial charge in [-0.2, -0.15) is 0 Å². The summed E-state index contributed by atoms with van der Waals surface area (Å²) in [6.07, 6.45) is 4.12. The molecule has 0 heterocycles. The van der Waals surface area contributed by atoms with E-state index < -0.39 is 10.0 Å². The van der Waals surface area contributed by atoms with E-state index in [-0.39, 0.29) is 27.4 Å². The largest absolute Gasteiger partial charge is 0.349 e. The second-order valence-corrected chi connectivity index (χ2v) is 9.08. The molecule has 0 aliphatic heterocycles. The van der Waals surface area contributed by atoms with E-state index in [9.17, 15) is 13.2 Å². The Hall–Kier alpha value is -2.05. The van der Waals surface area contributed by atoms with Crippen molar-refractivity contribution in [2.45, 2.75) is 50.5 Å². The summed E-state index contributed by atoms with van der Waals surface area (Å²) in [5, 5.41) is 3.04. The highest BCUT2D eigenvalue weighted by Crippen LogP contribution is 2.27. The van der Waals surface area contributed by atoms with Crippen LogP contribution in [0.3, 0.4) is 0 Å². The molecule has 1 fully saturated rings. The fourth-order valence-electron chi connectivity index (χ4n) is 3.23. The van der Waals surface area contributed by atoms with Gasteiger partial charge in [0.25, 0.3) is 15.9 Å². The van der Waals surface area contributed by atoms with Crippen molar-refractivity contribution in [3.8, 4) is 0 Å². The van der Waals surface area contributed by atoms with Crippen molar-refractivity contribution in [3.63, 3.8) is 0 Å². The lowest BCUT2D eigenvalue weighted by atomic mass is 10.1. The molecule has 27 heavy (non-hydrogen) atoms. The number of hydrogen-bond acceptors (Lipinski definition) is 3. The van der Waals surface area contributed by atoms with E-state index >= 15 is 0 Å². The van der Waals surface area contributed by atoms with Gasteiger partial charge in [-0.05, 0) is 62.1 Å². The van der Waals surface area contributed by atoms with Gasteiger partial charge in [0.2, 0.25) is 0 Å². The molecule has 0 atom stereocenters. The molecule has 3 rings (SSSR count). The lowest BCUT2D eigenvalue weighted by molar-refractivity contribution is 0.0937. The smallest absolute Gasteiger partial charge is 0.263 e. The molecule has 1 saturated carbocycles. The molecule has 0 radical (unpaired) electrons. The highest BCUT2D eigenvalue weighted by Gasteiger charge is 2.23. The molecule has 0 unspecified atom stereocenters. The van der Waals surface area contributed by atoms with E-state index in [1.165, 1.54) is 12.1 Å². The van der Waals surface area contributed by atoms with Crippen LogP contribution in [0.4, 0.5) is 5.69 Å². The summed E-state index contributed by atoms with van der Waals surface area (Å²) >= 11 is 6.14. The second-order valence-electron chi connectivity index (χ2n) is 7.02. The molecule has 0 saturated heterocycles. The summed E-state index contributed by atoms with van der Waals surface area (Å²) in [4.78, 5) is 12.4. The minimum Gasteiger partial charge on any atom is -0.349 e. The Morgan fingerprint density at radius 1 is 1.07 bits per heavy atom. The number of aryl methyl sites for hydroxylation is 2. The van der Waals surface area contributed by atoms with Crippen molar-refractivity contribution in [2.75, 3.05) is 4.72 Å². The number of carbonyl (C=O) groups excluding carboxylic acids is 1. The number of rotatable bonds is 5. The quantitative estimate of drug-likeness (QED) is 0.771. The van der Waals surface area contributed by atoms with Gasteiger partial charge in [-0.25, -0.2) is 8.42 Å². The molecule has 0 bridgehead atoms. The molecule has 2 aromatic carbocycles. The van der Waals surface area contributed by atoms with Crippen LogP contribution in [0.25, 0.3) is 0 Å². The molecule has 144 valence electrons. The number of sulfonamides is 1. The summed E-state index contributed by atoms with van der Waals surface area (Å²) in [6.45, 7) is 3.71. The molecular formula is C20H23ClN2O3S. The second kappa shape index (κ2) is 7.90. The minimum atomic E-state index is -3.93. The average molecular weight is 407 g/mol. The number of carbonyl (C=O) groups is 1. The van der Waals surface area contributed by atoms with Gasteiger partial charge in [-0.1, -0.05) is 36.6 Å².